The maximum absolute atomic E-state index is 12.6. The number of methoxy groups -OCH3 is 1. The van der Waals surface area contributed by atoms with E-state index in [1.54, 1.807) is 30.3 Å². The van der Waals surface area contributed by atoms with E-state index in [1.165, 1.54) is 13.2 Å². The van der Waals surface area contributed by atoms with Crippen molar-refractivity contribution >= 4 is 28.5 Å². The number of hydrogen-bond acceptors (Lipinski definition) is 7. The van der Waals surface area contributed by atoms with E-state index in [0.29, 0.717) is 22.8 Å². The molecule has 0 aliphatic carbocycles. The molecule has 11 heteroatoms. The van der Waals surface area contributed by atoms with E-state index in [9.17, 15) is 23.2 Å². The lowest BCUT2D eigenvalue weighted by Crippen LogP contribution is -2.13. The summed E-state index contributed by atoms with van der Waals surface area (Å²) in [5.74, 6) is 0.507. The number of amides is 1. The van der Waals surface area contributed by atoms with Gasteiger partial charge >= 0.3 is 6.18 Å². The van der Waals surface area contributed by atoms with Crippen LogP contribution in [-0.2, 0) is 11.0 Å². The summed E-state index contributed by atoms with van der Waals surface area (Å²) in [6, 6.07) is 13.9. The monoisotopic (exact) mass is 460 g/mol. The normalized spacial score (nSPS) is 11.6. The van der Waals surface area contributed by atoms with Crippen LogP contribution in [0.15, 0.2) is 48.0 Å². The molecule has 0 bridgehead atoms. The van der Waals surface area contributed by atoms with E-state index >= 15 is 0 Å². The molecule has 0 unspecified atom stereocenters. The number of anilines is 1. The molecule has 0 aliphatic rings. The molecular weight excluding hydrogens is 445 g/mol. The molecule has 0 saturated carbocycles. The van der Waals surface area contributed by atoms with Crippen LogP contribution in [0, 0.1) is 18.3 Å². The highest BCUT2D eigenvalue weighted by atomic mass is 32.1. The Morgan fingerprint density at radius 1 is 1.16 bits per heavy atom. The number of benzene rings is 2. The molecule has 3 aromatic rings. The van der Waals surface area contributed by atoms with Crippen molar-refractivity contribution in [2.45, 2.75) is 13.1 Å². The predicted octanol–water partition coefficient (Wildman–Crippen LogP) is 5.21. The van der Waals surface area contributed by atoms with Crippen molar-refractivity contribution in [2.75, 3.05) is 12.4 Å². The summed E-state index contributed by atoms with van der Waals surface area (Å²) in [4.78, 5) is 12.3. The smallest absolute Gasteiger partial charge is 0.445 e. The zero-order valence-electron chi connectivity index (χ0n) is 16.7. The first-order chi connectivity index (χ1) is 15.2. The molecule has 0 spiro atoms. The van der Waals surface area contributed by atoms with Gasteiger partial charge in [-0.1, -0.05) is 35.6 Å². The topological polar surface area (TPSA) is 97.1 Å². The zero-order chi connectivity index (χ0) is 23.3. The number of ether oxygens (including phenoxy) is 2. The summed E-state index contributed by atoms with van der Waals surface area (Å²) in [5, 5.41) is 16.2. The molecule has 1 N–H and O–H groups in total. The fourth-order valence-electron chi connectivity index (χ4n) is 2.52. The molecule has 32 heavy (non-hydrogen) atoms. The minimum atomic E-state index is -4.67. The van der Waals surface area contributed by atoms with Gasteiger partial charge in [-0.3, -0.25) is 10.1 Å². The lowest BCUT2D eigenvalue weighted by Gasteiger charge is -2.12. The number of rotatable bonds is 6. The van der Waals surface area contributed by atoms with Gasteiger partial charge in [-0.2, -0.15) is 18.4 Å². The van der Waals surface area contributed by atoms with Gasteiger partial charge in [0.25, 0.3) is 5.91 Å². The number of aryl methyl sites for hydroxylation is 1. The Morgan fingerprint density at radius 2 is 1.91 bits per heavy atom. The van der Waals surface area contributed by atoms with Crippen molar-refractivity contribution in [3.63, 3.8) is 0 Å². The average molecular weight is 460 g/mol. The fraction of sp³-hybridized carbons (Fsp3) is 0.143. The second kappa shape index (κ2) is 9.49. The van der Waals surface area contributed by atoms with Crippen molar-refractivity contribution in [1.82, 2.24) is 10.2 Å². The first-order valence-electron chi connectivity index (χ1n) is 8.96. The first kappa shape index (κ1) is 22.8. The van der Waals surface area contributed by atoms with Gasteiger partial charge in [0.2, 0.25) is 10.1 Å². The van der Waals surface area contributed by atoms with Crippen LogP contribution < -0.4 is 14.8 Å². The Kier molecular flexibility index (Phi) is 6.75. The second-order valence-corrected chi connectivity index (χ2v) is 7.29. The van der Waals surface area contributed by atoms with E-state index in [4.69, 9.17) is 9.47 Å². The van der Waals surface area contributed by atoms with Crippen LogP contribution in [0.1, 0.15) is 16.1 Å². The molecule has 2 aromatic carbocycles. The van der Waals surface area contributed by atoms with Crippen LogP contribution in [-0.4, -0.2) is 23.2 Å². The summed E-state index contributed by atoms with van der Waals surface area (Å²) in [7, 11) is 1.44. The van der Waals surface area contributed by atoms with E-state index in [0.717, 1.165) is 5.56 Å². The lowest BCUT2D eigenvalue weighted by atomic mass is 10.1. The number of carbonyl (C=O) groups is 1. The van der Waals surface area contributed by atoms with Crippen LogP contribution in [0.25, 0.3) is 6.08 Å². The molecular formula is C21H15F3N4O3S. The lowest BCUT2D eigenvalue weighted by molar-refractivity contribution is -0.138. The standard InChI is InChI=1S/C21H15F3N4O3S/c1-12-5-3-4-6-15(12)31-16-8-7-13(10-17(16)30-2)9-14(11-25)18(29)26-20-28-27-19(32-20)21(22,23)24/h3-10H,1-2H3,(H,26,28,29). The van der Waals surface area contributed by atoms with Gasteiger partial charge < -0.3 is 9.47 Å². The molecule has 0 fully saturated rings. The summed E-state index contributed by atoms with van der Waals surface area (Å²) in [6.45, 7) is 1.90. The minimum Gasteiger partial charge on any atom is -0.493 e. The minimum absolute atomic E-state index is 0.160. The quantitative estimate of drug-likeness (QED) is 0.401. The van der Waals surface area contributed by atoms with Crippen molar-refractivity contribution in [3.05, 3.63) is 64.2 Å². The summed E-state index contributed by atoms with van der Waals surface area (Å²) in [5.41, 5.74) is 1.02. The molecule has 0 aliphatic heterocycles. The highest BCUT2D eigenvalue weighted by molar-refractivity contribution is 7.15. The van der Waals surface area contributed by atoms with Crippen molar-refractivity contribution < 1.29 is 27.4 Å². The third-order valence-electron chi connectivity index (χ3n) is 4.07. The highest BCUT2D eigenvalue weighted by Crippen LogP contribution is 2.35. The Labute approximate surface area is 184 Å². The largest absolute Gasteiger partial charge is 0.493 e. The van der Waals surface area contributed by atoms with Gasteiger partial charge in [0.05, 0.1) is 7.11 Å². The Morgan fingerprint density at radius 3 is 2.53 bits per heavy atom. The highest BCUT2D eigenvalue weighted by Gasteiger charge is 2.35. The van der Waals surface area contributed by atoms with E-state index in [-0.39, 0.29) is 22.0 Å². The Hall–Kier alpha value is -3.91. The Bertz CT molecular complexity index is 1220. The predicted molar refractivity (Wildman–Crippen MR) is 111 cm³/mol. The number of alkyl halides is 3. The third kappa shape index (κ3) is 5.41. The van der Waals surface area contributed by atoms with Gasteiger partial charge in [-0.25, -0.2) is 0 Å². The number of nitrogens with zero attached hydrogens (tertiary/aromatic N) is 3. The van der Waals surface area contributed by atoms with Crippen molar-refractivity contribution in [3.8, 4) is 23.3 Å². The van der Waals surface area contributed by atoms with Crippen LogP contribution >= 0.6 is 11.3 Å². The second-order valence-electron chi connectivity index (χ2n) is 6.31. The molecule has 0 atom stereocenters. The number of nitriles is 1. The number of carbonyl (C=O) groups excluding carboxylic acids is 1. The molecule has 7 nitrogen and oxygen atoms in total. The van der Waals surface area contributed by atoms with Gasteiger partial charge in [0, 0.05) is 0 Å². The summed E-state index contributed by atoms with van der Waals surface area (Å²) >= 11 is 0.160. The summed E-state index contributed by atoms with van der Waals surface area (Å²) in [6.07, 6.45) is -3.41. The van der Waals surface area contributed by atoms with Crippen molar-refractivity contribution in [1.29, 1.82) is 5.26 Å². The average Bonchev–Trinajstić information content (AvgIpc) is 3.23. The molecule has 1 heterocycles. The van der Waals surface area contributed by atoms with Gasteiger partial charge in [-0.15, -0.1) is 10.2 Å². The van der Waals surface area contributed by atoms with E-state index in [1.807, 2.05) is 25.1 Å². The number of nitrogens with one attached hydrogen (secondary N) is 1. The number of halogens is 3. The molecule has 1 amide bonds. The van der Waals surface area contributed by atoms with Crippen LogP contribution in [0.2, 0.25) is 0 Å². The fourth-order valence-corrected chi connectivity index (χ4v) is 3.12. The SMILES string of the molecule is COc1cc(C=C(C#N)C(=O)Nc2nnc(C(F)(F)F)s2)ccc1Oc1ccccc1C. The maximum atomic E-state index is 12.6. The molecule has 1 aromatic heterocycles. The molecule has 0 saturated heterocycles. The van der Waals surface area contributed by atoms with Crippen LogP contribution in [0.5, 0.6) is 17.2 Å². The molecule has 0 radical (unpaired) electrons. The maximum Gasteiger partial charge on any atom is 0.445 e. The van der Waals surface area contributed by atoms with Gasteiger partial charge in [0.15, 0.2) is 11.5 Å². The third-order valence-corrected chi connectivity index (χ3v) is 4.95. The first-order valence-corrected chi connectivity index (χ1v) is 9.78. The number of para-hydroxylation sites is 1. The summed E-state index contributed by atoms with van der Waals surface area (Å²) < 4.78 is 49.1. The zero-order valence-corrected chi connectivity index (χ0v) is 17.5. The number of aromatic nitrogens is 2. The molecule has 164 valence electrons. The van der Waals surface area contributed by atoms with E-state index in [2.05, 4.69) is 15.5 Å². The van der Waals surface area contributed by atoms with Crippen LogP contribution in [0.3, 0.4) is 0 Å². The Balaban J connectivity index is 1.80. The molecule has 3 rings (SSSR count). The van der Waals surface area contributed by atoms with E-state index < -0.39 is 17.1 Å². The van der Waals surface area contributed by atoms with Gasteiger partial charge in [0.1, 0.15) is 17.4 Å². The van der Waals surface area contributed by atoms with Crippen LogP contribution in [0.4, 0.5) is 18.3 Å². The van der Waals surface area contributed by atoms with Crippen molar-refractivity contribution in [2.24, 2.45) is 0 Å². The van der Waals surface area contributed by atoms with Gasteiger partial charge in [-0.05, 0) is 42.3 Å². The number of hydrogen-bond donors (Lipinski definition) is 1.